The van der Waals surface area contributed by atoms with E-state index in [4.69, 9.17) is 35.3 Å². The first kappa shape index (κ1) is 28.1. The summed E-state index contributed by atoms with van der Waals surface area (Å²) in [6.07, 6.45) is 4.46. The van der Waals surface area contributed by atoms with E-state index in [0.717, 1.165) is 43.5 Å². The van der Waals surface area contributed by atoms with Gasteiger partial charge in [-0.25, -0.2) is 4.79 Å². The van der Waals surface area contributed by atoms with Crippen molar-refractivity contribution < 1.29 is 38.4 Å². The zero-order valence-corrected chi connectivity index (χ0v) is 23.8. The van der Waals surface area contributed by atoms with Gasteiger partial charge in [0.15, 0.2) is 23.2 Å². The molecular formula is C29H38ClNO8. The average Bonchev–Trinajstić information content (AvgIpc) is 3.56. The molecule has 1 fully saturated rings. The Morgan fingerprint density at radius 2 is 1.92 bits per heavy atom. The molecule has 0 saturated carbocycles. The van der Waals surface area contributed by atoms with Crippen molar-refractivity contribution in [3.05, 3.63) is 35.1 Å². The number of fused-ring (bicyclic) bond motifs is 3. The molecule has 214 valence electrons. The molecule has 1 spiro atoms. The topological polar surface area (TPSA) is 104 Å². The first-order chi connectivity index (χ1) is 18.5. The summed E-state index contributed by atoms with van der Waals surface area (Å²) in [6, 6.07) is 4.03. The molecule has 0 bridgehead atoms. The van der Waals surface area contributed by atoms with E-state index < -0.39 is 40.5 Å². The van der Waals surface area contributed by atoms with E-state index in [9.17, 15) is 14.7 Å². The maximum Gasteiger partial charge on any atom is 0.339 e. The van der Waals surface area contributed by atoms with Crippen molar-refractivity contribution in [1.29, 1.82) is 0 Å². The van der Waals surface area contributed by atoms with Crippen molar-refractivity contribution in [2.45, 2.75) is 86.8 Å². The Balaban J connectivity index is 1.50. The minimum absolute atomic E-state index is 0.00699. The third-order valence-electron chi connectivity index (χ3n) is 8.60. The zero-order chi connectivity index (χ0) is 28.0. The van der Waals surface area contributed by atoms with Crippen LogP contribution >= 0.6 is 11.6 Å². The van der Waals surface area contributed by atoms with Crippen LogP contribution in [0.25, 0.3) is 0 Å². The number of aliphatic hydroxyl groups is 1. The lowest BCUT2D eigenvalue weighted by Gasteiger charge is -2.39. The number of rotatable bonds is 9. The van der Waals surface area contributed by atoms with Crippen molar-refractivity contribution in [3.8, 4) is 11.5 Å². The maximum atomic E-state index is 13.8. The quantitative estimate of drug-likeness (QED) is 0.354. The molecule has 4 atom stereocenters. The molecule has 1 aliphatic carbocycles. The summed E-state index contributed by atoms with van der Waals surface area (Å²) in [4.78, 5) is 28.0. The van der Waals surface area contributed by atoms with Crippen molar-refractivity contribution in [2.75, 3.05) is 34.1 Å². The van der Waals surface area contributed by atoms with Gasteiger partial charge in [-0.1, -0.05) is 0 Å². The molecule has 0 amide bonds. The number of nitrogens with zero attached hydrogens (tertiary/aromatic N) is 1. The second-order valence-electron chi connectivity index (χ2n) is 11.6. The third-order valence-corrected chi connectivity index (χ3v) is 8.79. The molecule has 9 nitrogen and oxygen atoms in total. The fourth-order valence-corrected chi connectivity index (χ4v) is 6.83. The van der Waals surface area contributed by atoms with Gasteiger partial charge in [0, 0.05) is 11.4 Å². The van der Waals surface area contributed by atoms with Gasteiger partial charge in [0.05, 0.1) is 32.1 Å². The number of carbonyl (C=O) groups excluding carboxylic acids is 2. The molecule has 0 radical (unpaired) electrons. The number of carbonyl (C=O) groups is 2. The Hall–Kier alpha value is -2.49. The predicted octanol–water partition coefficient (Wildman–Crippen LogP) is 3.83. The van der Waals surface area contributed by atoms with Gasteiger partial charge in [0.25, 0.3) is 0 Å². The Morgan fingerprint density at radius 1 is 1.18 bits per heavy atom. The SMILES string of the molecule is COC(=O)CC(O)(CCCC(C)(C)Cl)C(=O)OC1C(OC)=CC23CCCN2CCc2cc4c(cc2[C@H]13)OCO4. The van der Waals surface area contributed by atoms with Gasteiger partial charge < -0.3 is 28.8 Å². The lowest BCUT2D eigenvalue weighted by Crippen LogP contribution is -2.49. The van der Waals surface area contributed by atoms with Crippen LogP contribution in [0.2, 0.25) is 0 Å². The van der Waals surface area contributed by atoms with Crippen molar-refractivity contribution in [2.24, 2.45) is 0 Å². The van der Waals surface area contributed by atoms with Crippen LogP contribution in [0, 0.1) is 0 Å². The summed E-state index contributed by atoms with van der Waals surface area (Å²) in [5.41, 5.74) is -0.343. The molecule has 1 N–H and O–H groups in total. The van der Waals surface area contributed by atoms with Gasteiger partial charge in [-0.3, -0.25) is 9.69 Å². The lowest BCUT2D eigenvalue weighted by atomic mass is 9.77. The largest absolute Gasteiger partial charge is 0.497 e. The van der Waals surface area contributed by atoms with Crippen LogP contribution in [0.5, 0.6) is 11.5 Å². The third kappa shape index (κ3) is 5.21. The van der Waals surface area contributed by atoms with Crippen molar-refractivity contribution >= 4 is 23.5 Å². The molecule has 3 aliphatic heterocycles. The van der Waals surface area contributed by atoms with E-state index in [0.29, 0.717) is 30.1 Å². The number of alkyl halides is 1. The minimum Gasteiger partial charge on any atom is -0.497 e. The van der Waals surface area contributed by atoms with E-state index in [1.165, 1.54) is 7.11 Å². The normalized spacial score (nSPS) is 27.0. The fraction of sp³-hybridized carbons (Fsp3) is 0.655. The molecule has 0 aromatic heterocycles. The van der Waals surface area contributed by atoms with Gasteiger partial charge in [-0.05, 0) is 88.3 Å². The van der Waals surface area contributed by atoms with E-state index in [1.807, 2.05) is 26.0 Å². The highest BCUT2D eigenvalue weighted by Crippen LogP contribution is 2.55. The second kappa shape index (κ2) is 10.5. The highest BCUT2D eigenvalue weighted by atomic mass is 35.5. The Bertz CT molecular complexity index is 1160. The van der Waals surface area contributed by atoms with Crippen LogP contribution in [0.1, 0.15) is 69.4 Å². The summed E-state index contributed by atoms with van der Waals surface area (Å²) in [5.74, 6) is 0.0622. The van der Waals surface area contributed by atoms with E-state index in [-0.39, 0.29) is 19.1 Å². The molecular weight excluding hydrogens is 526 g/mol. The molecule has 3 unspecified atom stereocenters. The molecule has 1 aromatic carbocycles. The first-order valence-electron chi connectivity index (χ1n) is 13.6. The summed E-state index contributed by atoms with van der Waals surface area (Å²) in [6.45, 7) is 5.66. The van der Waals surface area contributed by atoms with Gasteiger partial charge >= 0.3 is 11.9 Å². The van der Waals surface area contributed by atoms with Gasteiger partial charge in [0.1, 0.15) is 5.76 Å². The van der Waals surface area contributed by atoms with Crippen LogP contribution in [0.3, 0.4) is 0 Å². The van der Waals surface area contributed by atoms with E-state index in [2.05, 4.69) is 11.0 Å². The number of esters is 2. The number of ether oxygens (including phenoxy) is 5. The minimum atomic E-state index is -2.07. The maximum absolute atomic E-state index is 13.8. The summed E-state index contributed by atoms with van der Waals surface area (Å²) in [7, 11) is 2.79. The smallest absolute Gasteiger partial charge is 0.339 e. The van der Waals surface area contributed by atoms with E-state index in [1.54, 1.807) is 7.11 Å². The highest BCUT2D eigenvalue weighted by Gasteiger charge is 2.59. The fourth-order valence-electron chi connectivity index (χ4n) is 6.69. The highest BCUT2D eigenvalue weighted by molar-refractivity contribution is 6.23. The number of hydrogen-bond acceptors (Lipinski definition) is 9. The van der Waals surface area contributed by atoms with Crippen LogP contribution in [0.15, 0.2) is 24.0 Å². The van der Waals surface area contributed by atoms with Crippen LogP contribution in [0.4, 0.5) is 0 Å². The summed E-state index contributed by atoms with van der Waals surface area (Å²) in [5, 5.41) is 11.5. The van der Waals surface area contributed by atoms with E-state index >= 15 is 0 Å². The molecule has 3 heterocycles. The second-order valence-corrected chi connectivity index (χ2v) is 12.7. The van der Waals surface area contributed by atoms with Crippen LogP contribution in [-0.4, -0.2) is 78.2 Å². The number of halogens is 1. The Kier molecular flexibility index (Phi) is 7.54. The van der Waals surface area contributed by atoms with Gasteiger partial charge in [0.2, 0.25) is 6.79 Å². The molecule has 4 aliphatic rings. The number of hydrogen-bond donors (Lipinski definition) is 1. The van der Waals surface area contributed by atoms with Crippen LogP contribution < -0.4 is 9.47 Å². The number of benzene rings is 1. The zero-order valence-electron chi connectivity index (χ0n) is 23.1. The lowest BCUT2D eigenvalue weighted by molar-refractivity contribution is -0.178. The molecule has 5 rings (SSSR count). The molecule has 1 saturated heterocycles. The van der Waals surface area contributed by atoms with Crippen molar-refractivity contribution in [1.82, 2.24) is 4.90 Å². The molecule has 10 heteroatoms. The van der Waals surface area contributed by atoms with Gasteiger partial charge in [-0.15, -0.1) is 11.6 Å². The Labute approximate surface area is 234 Å². The summed E-state index contributed by atoms with van der Waals surface area (Å²) >= 11 is 6.34. The monoisotopic (exact) mass is 563 g/mol. The molecule has 39 heavy (non-hydrogen) atoms. The first-order valence-corrected chi connectivity index (χ1v) is 14.0. The van der Waals surface area contributed by atoms with Crippen LogP contribution in [-0.2, 0) is 30.2 Å². The van der Waals surface area contributed by atoms with Crippen molar-refractivity contribution in [3.63, 3.8) is 0 Å². The molecule has 1 aromatic rings. The predicted molar refractivity (Wildman–Crippen MR) is 143 cm³/mol. The number of methoxy groups -OCH3 is 2. The standard InChI is InChI=1S/C29H38ClNO8/c1-27(2,30)8-5-10-29(34,16-23(32)36-4)26(33)39-25-22(35-3)15-28-9-6-11-31(28)12-7-18-13-20-21(38-17-37-20)14-19(18)24(25)28/h13-15,24-25,34H,5-12,16-17H2,1-4H3/t24-,25?,28?,29?/m1/s1. The average molecular weight is 564 g/mol. The van der Waals surface area contributed by atoms with Gasteiger partial charge in [-0.2, -0.15) is 0 Å². The Morgan fingerprint density at radius 3 is 2.62 bits per heavy atom. The summed E-state index contributed by atoms with van der Waals surface area (Å²) < 4.78 is 28.2.